The van der Waals surface area contributed by atoms with Gasteiger partial charge in [0.2, 0.25) is 29.6 Å². The Kier molecular flexibility index (Phi) is 18.8. The van der Waals surface area contributed by atoms with Gasteiger partial charge in [0.05, 0.1) is 52.1 Å². The predicted molar refractivity (Wildman–Crippen MR) is 299 cm³/mol. The van der Waals surface area contributed by atoms with Crippen molar-refractivity contribution in [1.29, 1.82) is 0 Å². The van der Waals surface area contributed by atoms with E-state index < -0.39 is 23.6 Å². The molecule has 3 atom stereocenters. The maximum absolute atomic E-state index is 14.1. The van der Waals surface area contributed by atoms with Crippen molar-refractivity contribution in [2.75, 3.05) is 62.9 Å². The third-order valence-electron chi connectivity index (χ3n) is 13.7. The number of thiazole rings is 1. The fourth-order valence-corrected chi connectivity index (χ4v) is 10.2. The van der Waals surface area contributed by atoms with Gasteiger partial charge in [0, 0.05) is 88.0 Å². The van der Waals surface area contributed by atoms with Crippen LogP contribution in [0.5, 0.6) is 5.75 Å². The topological polar surface area (TPSA) is 199 Å². The maximum atomic E-state index is 14.1. The molecule has 0 saturated carbocycles. The first-order chi connectivity index (χ1) is 35.9. The number of β-amino-alcohol motifs (C(OH)–C–C–N with tert-alkyl or cyclic N) is 1. The summed E-state index contributed by atoms with van der Waals surface area (Å²) in [5, 5.41) is 24.0. The Labute approximate surface area is 444 Å². The maximum Gasteiger partial charge on any atom is 0.247 e. The lowest BCUT2D eigenvalue weighted by Crippen LogP contribution is -2.57. The molecule has 1 saturated heterocycles. The van der Waals surface area contributed by atoms with Gasteiger partial charge < -0.3 is 50.4 Å². The van der Waals surface area contributed by atoms with Crippen LogP contribution in [0.2, 0.25) is 0 Å². The number of hydrogen-bond donors (Lipinski definition) is 5. The molecule has 398 valence electrons. The van der Waals surface area contributed by atoms with E-state index in [1.165, 1.54) is 11.0 Å². The molecule has 1 aliphatic heterocycles. The van der Waals surface area contributed by atoms with Crippen molar-refractivity contribution in [3.8, 4) is 27.4 Å². The summed E-state index contributed by atoms with van der Waals surface area (Å²) >= 11 is 1.58. The first kappa shape index (κ1) is 55.6. The molecule has 0 radical (unpaired) electrons. The highest BCUT2D eigenvalue weighted by molar-refractivity contribution is 7.13. The average Bonchev–Trinajstić information content (AvgIpc) is 4.12. The van der Waals surface area contributed by atoms with Gasteiger partial charge in [-0.25, -0.2) is 15.0 Å². The lowest BCUT2D eigenvalue weighted by atomic mass is 9.85. The quantitative estimate of drug-likeness (QED) is 0.0287. The van der Waals surface area contributed by atoms with E-state index >= 15 is 0 Å². The fraction of sp³-hybridized carbons (Fsp3) is 0.421. The van der Waals surface area contributed by atoms with Crippen LogP contribution in [0.1, 0.15) is 77.0 Å². The molecule has 4 heterocycles. The third-order valence-corrected chi connectivity index (χ3v) is 14.7. The zero-order chi connectivity index (χ0) is 53.8. The van der Waals surface area contributed by atoms with Gasteiger partial charge in [0.1, 0.15) is 17.8 Å². The minimum atomic E-state index is -0.871. The summed E-state index contributed by atoms with van der Waals surface area (Å²) in [7, 11) is 7.68. The number of amides is 4. The SMILES string of the molecule is C=CC(=O)Nc1cc(Nc2nccc(-c3cn(C)c4ccccc34)n2)c(OC)cc1N(C)CCN(C)CCCCCCCC(=O)NC(C(=O)N1CC(O)CC1C(=O)NCc1ccc(-c2scnc2C)cc1)C(C)(C)C. The lowest BCUT2D eigenvalue weighted by Gasteiger charge is -2.35. The summed E-state index contributed by atoms with van der Waals surface area (Å²) in [5.74, 6) is -0.337. The van der Waals surface area contributed by atoms with Gasteiger partial charge in [-0.1, -0.05) is 89.1 Å². The van der Waals surface area contributed by atoms with Crippen molar-refractivity contribution >= 4 is 68.9 Å². The molecule has 5 N–H and O–H groups in total. The predicted octanol–water partition coefficient (Wildman–Crippen LogP) is 8.46. The van der Waals surface area contributed by atoms with Gasteiger partial charge in [0.25, 0.3) is 0 Å². The van der Waals surface area contributed by atoms with Crippen LogP contribution in [-0.4, -0.2) is 124 Å². The number of hydrogen-bond acceptors (Lipinski definition) is 13. The number of ether oxygens (including phenoxy) is 1. The zero-order valence-corrected chi connectivity index (χ0v) is 45.4. The number of unbranched alkanes of at least 4 members (excludes halogenated alkanes) is 4. The van der Waals surface area contributed by atoms with E-state index in [9.17, 15) is 24.3 Å². The van der Waals surface area contributed by atoms with Crippen molar-refractivity contribution in [3.63, 3.8) is 0 Å². The Bertz CT molecular complexity index is 2950. The number of aromatic nitrogens is 4. The van der Waals surface area contributed by atoms with Crippen molar-refractivity contribution < 1.29 is 29.0 Å². The minimum absolute atomic E-state index is 0.0212. The first-order valence-corrected chi connectivity index (χ1v) is 26.6. The van der Waals surface area contributed by atoms with Gasteiger partial charge in [-0.15, -0.1) is 11.3 Å². The van der Waals surface area contributed by atoms with Gasteiger partial charge in [-0.2, -0.15) is 0 Å². The molecule has 6 aromatic rings. The zero-order valence-electron chi connectivity index (χ0n) is 44.6. The van der Waals surface area contributed by atoms with E-state index in [4.69, 9.17) is 9.72 Å². The molecule has 1 fully saturated rings. The van der Waals surface area contributed by atoms with Crippen LogP contribution in [-0.2, 0) is 32.8 Å². The van der Waals surface area contributed by atoms with Crippen LogP contribution in [0.4, 0.5) is 23.0 Å². The smallest absolute Gasteiger partial charge is 0.247 e. The molecule has 0 spiro atoms. The van der Waals surface area contributed by atoms with Crippen LogP contribution < -0.4 is 30.9 Å². The number of rotatable bonds is 24. The van der Waals surface area contributed by atoms with Crippen LogP contribution in [0.15, 0.2) is 97.3 Å². The molecular weight excluding hydrogens is 967 g/mol. The number of anilines is 4. The molecule has 4 amide bonds. The summed E-state index contributed by atoms with van der Waals surface area (Å²) < 4.78 is 7.93. The monoisotopic (exact) mass is 1040 g/mol. The molecule has 3 aromatic carbocycles. The highest BCUT2D eigenvalue weighted by Crippen LogP contribution is 2.39. The Hall–Kier alpha value is -7.15. The van der Waals surface area contributed by atoms with Crippen molar-refractivity contribution in [3.05, 3.63) is 109 Å². The molecular formula is C57H73N11O6S. The number of nitrogens with one attached hydrogen (secondary N) is 4. The van der Waals surface area contributed by atoms with Crippen LogP contribution >= 0.6 is 11.3 Å². The summed E-state index contributed by atoms with van der Waals surface area (Å²) in [6.45, 7) is 13.9. The Balaban J connectivity index is 0.844. The van der Waals surface area contributed by atoms with E-state index in [0.29, 0.717) is 36.0 Å². The number of nitrogens with zero attached hydrogens (tertiary/aromatic N) is 7. The second-order valence-corrected chi connectivity index (χ2v) is 21.4. The number of aryl methyl sites for hydroxylation is 2. The molecule has 3 aromatic heterocycles. The molecule has 1 aliphatic rings. The van der Waals surface area contributed by atoms with Crippen molar-refractivity contribution in [2.45, 2.75) is 97.4 Å². The Morgan fingerprint density at radius 1 is 0.960 bits per heavy atom. The minimum Gasteiger partial charge on any atom is -0.494 e. The van der Waals surface area contributed by atoms with E-state index in [-0.39, 0.29) is 49.6 Å². The molecule has 18 heteroatoms. The molecule has 7 rings (SSSR count). The lowest BCUT2D eigenvalue weighted by molar-refractivity contribution is -0.144. The van der Waals surface area contributed by atoms with Crippen molar-refractivity contribution in [2.24, 2.45) is 12.5 Å². The number of benzene rings is 3. The van der Waals surface area contributed by atoms with Crippen LogP contribution in [0.3, 0.4) is 0 Å². The molecule has 0 aliphatic carbocycles. The third kappa shape index (κ3) is 14.4. The highest BCUT2D eigenvalue weighted by Gasteiger charge is 2.44. The number of aliphatic hydroxyl groups excluding tert-OH is 1. The van der Waals surface area contributed by atoms with E-state index in [2.05, 4.69) is 77.6 Å². The van der Waals surface area contributed by atoms with Crippen LogP contribution in [0, 0.1) is 12.3 Å². The normalized spacial score (nSPS) is 14.9. The second-order valence-electron chi connectivity index (χ2n) is 20.5. The fourth-order valence-electron chi connectivity index (χ4n) is 9.43. The Morgan fingerprint density at radius 2 is 1.71 bits per heavy atom. The van der Waals surface area contributed by atoms with Crippen LogP contribution in [0.25, 0.3) is 32.6 Å². The number of carbonyl (C=O) groups is 4. The number of likely N-dealkylation sites (N-methyl/N-ethyl adjacent to an activating group) is 2. The molecule has 17 nitrogen and oxygen atoms in total. The molecule has 75 heavy (non-hydrogen) atoms. The number of fused-ring (bicyclic) bond motifs is 1. The number of likely N-dealkylation sites (tertiary alicyclic amines) is 1. The Morgan fingerprint density at radius 3 is 2.43 bits per heavy atom. The number of para-hydroxylation sites is 1. The summed E-state index contributed by atoms with van der Waals surface area (Å²) in [5.41, 5.74) is 8.91. The second kappa shape index (κ2) is 25.4. The summed E-state index contributed by atoms with van der Waals surface area (Å²) in [4.78, 5) is 74.2. The van der Waals surface area contributed by atoms with E-state index in [1.807, 2.05) is 102 Å². The first-order valence-electron chi connectivity index (χ1n) is 25.7. The standard InChI is InChI=1S/C57H73N11O6S/c1-10-50(70)61-44-31-45(63-56-58-26-25-43(62-56)42-35-67(8)46-19-16-15-18-41(42)46)49(74-9)32-47(44)66(7)29-28-65(6)27-17-13-11-12-14-20-51(71)64-53(57(3,4)5)55(73)68-34-40(69)30-48(68)54(72)59-33-38-21-23-39(24-22-38)52-37(2)60-36-75-52/h10,15-16,18-19,21-26,31-32,35-36,40,48,53,69H,1,11-14,17,20,27-30,33-34H2,2-9H3,(H,59,72)(H,61,70)(H,64,71)(H,58,62,63). The molecule has 3 unspecified atom stereocenters. The number of methoxy groups -OCH3 is 1. The largest absolute Gasteiger partial charge is 0.494 e. The van der Waals surface area contributed by atoms with E-state index in [0.717, 1.165) is 88.3 Å². The van der Waals surface area contributed by atoms with Gasteiger partial charge in [-0.3, -0.25) is 19.2 Å². The van der Waals surface area contributed by atoms with Gasteiger partial charge in [0.15, 0.2) is 0 Å². The van der Waals surface area contributed by atoms with Gasteiger partial charge >= 0.3 is 0 Å². The summed E-state index contributed by atoms with van der Waals surface area (Å²) in [6.07, 6.45) is 9.08. The molecule has 0 bridgehead atoms. The van der Waals surface area contributed by atoms with E-state index in [1.54, 1.807) is 24.6 Å². The van der Waals surface area contributed by atoms with Crippen molar-refractivity contribution in [1.82, 2.24) is 40.0 Å². The highest BCUT2D eigenvalue weighted by atomic mass is 32.1. The number of carbonyl (C=O) groups excluding carboxylic acids is 4. The van der Waals surface area contributed by atoms with Gasteiger partial charge in [-0.05, 0) is 74.2 Å². The average molecular weight is 1040 g/mol. The number of aliphatic hydroxyl groups is 1. The summed E-state index contributed by atoms with van der Waals surface area (Å²) in [6, 6.07) is 20.0.